The van der Waals surface area contributed by atoms with Crippen molar-refractivity contribution in [3.63, 3.8) is 0 Å². The number of rotatable bonds is 8. The van der Waals surface area contributed by atoms with Crippen LogP contribution in [0.15, 0.2) is 29.5 Å². The van der Waals surface area contributed by atoms with Crippen LogP contribution in [0.3, 0.4) is 0 Å². The zero-order chi connectivity index (χ0) is 25.2. The molecule has 3 N–H and O–H groups in total. The Morgan fingerprint density at radius 3 is 2.71 bits per heavy atom. The fourth-order valence-electron chi connectivity index (χ4n) is 4.21. The number of benzene rings is 1. The van der Waals surface area contributed by atoms with Crippen LogP contribution in [0.5, 0.6) is 5.88 Å². The topological polar surface area (TPSA) is 121 Å². The number of carbonyl (C=O) groups is 1. The van der Waals surface area contributed by atoms with E-state index in [1.807, 2.05) is 6.92 Å². The predicted octanol–water partition coefficient (Wildman–Crippen LogP) is 3.25. The molecule has 1 unspecified atom stereocenters. The molecule has 2 aliphatic rings. The Balaban J connectivity index is 1.53. The quantitative estimate of drug-likeness (QED) is 0.559. The number of anilines is 1. The minimum absolute atomic E-state index is 0.0151. The van der Waals surface area contributed by atoms with Crippen molar-refractivity contribution < 1.29 is 27.8 Å². The van der Waals surface area contributed by atoms with E-state index in [0.29, 0.717) is 19.6 Å². The molecule has 188 valence electrons. The van der Waals surface area contributed by atoms with E-state index in [-0.39, 0.29) is 34.1 Å². The number of halogens is 2. The normalized spacial score (nSPS) is 26.0. The molecule has 12 heteroatoms. The number of carbonyl (C=O) groups excluding carboxylic acids is 1. The van der Waals surface area contributed by atoms with Gasteiger partial charge in [0.1, 0.15) is 12.3 Å². The smallest absolute Gasteiger partial charge is 0.275 e. The average molecular weight is 508 g/mol. The lowest BCUT2D eigenvalue weighted by molar-refractivity contribution is -0.0727. The Hall–Kier alpha value is -2.83. The molecule has 1 saturated heterocycles. The van der Waals surface area contributed by atoms with Crippen molar-refractivity contribution >= 4 is 28.5 Å². The van der Waals surface area contributed by atoms with Crippen molar-refractivity contribution in [3.05, 3.63) is 47.4 Å². The fraction of sp³-hybridized carbons (Fsp3) is 0.478. The highest BCUT2D eigenvalue weighted by Gasteiger charge is 2.44. The van der Waals surface area contributed by atoms with Gasteiger partial charge in [0.2, 0.25) is 5.88 Å². The summed E-state index contributed by atoms with van der Waals surface area (Å²) in [5.41, 5.74) is 4.88. The molecule has 1 amide bonds. The number of hydrogen-bond acceptors (Lipinski definition) is 9. The van der Waals surface area contributed by atoms with Gasteiger partial charge in [-0.1, -0.05) is 11.8 Å². The maximum Gasteiger partial charge on any atom is 0.275 e. The molecular weight excluding hydrogens is 480 g/mol. The number of nitrogens with zero attached hydrogens (tertiary/aromatic N) is 3. The Morgan fingerprint density at radius 2 is 2.09 bits per heavy atom. The SMILES string of the molecule is COC[C@@]1(C)C[C@@](C)(c2cc(NC(=O)c3cnc(OCC4CCO4)cn3)cc(F)c2F)N=C(N)S1. The van der Waals surface area contributed by atoms with Gasteiger partial charge >= 0.3 is 0 Å². The first kappa shape index (κ1) is 25.3. The third-order valence-corrected chi connectivity index (χ3v) is 6.87. The van der Waals surface area contributed by atoms with E-state index < -0.39 is 27.8 Å². The van der Waals surface area contributed by atoms with E-state index in [1.165, 1.54) is 30.2 Å². The van der Waals surface area contributed by atoms with Crippen LogP contribution in [0.4, 0.5) is 14.5 Å². The molecule has 4 rings (SSSR count). The first-order valence-electron chi connectivity index (χ1n) is 11.0. The summed E-state index contributed by atoms with van der Waals surface area (Å²) in [7, 11) is 1.56. The van der Waals surface area contributed by atoms with E-state index in [0.717, 1.165) is 19.1 Å². The number of thioether (sulfide) groups is 1. The number of hydrogen-bond donors (Lipinski definition) is 2. The summed E-state index contributed by atoms with van der Waals surface area (Å²) < 4.78 is 45.1. The molecule has 1 aromatic heterocycles. The number of ether oxygens (including phenoxy) is 3. The summed E-state index contributed by atoms with van der Waals surface area (Å²) in [5.74, 6) is -2.55. The Bertz CT molecular complexity index is 1130. The summed E-state index contributed by atoms with van der Waals surface area (Å²) in [6.45, 7) is 5.01. The largest absolute Gasteiger partial charge is 0.474 e. The Labute approximate surface area is 205 Å². The molecule has 0 bridgehead atoms. The number of methoxy groups -OCH3 is 1. The Kier molecular flexibility index (Phi) is 7.25. The van der Waals surface area contributed by atoms with Crippen LogP contribution >= 0.6 is 11.8 Å². The van der Waals surface area contributed by atoms with Crippen molar-refractivity contribution in [2.75, 3.05) is 32.2 Å². The molecule has 1 fully saturated rings. The van der Waals surface area contributed by atoms with Crippen LogP contribution in [-0.2, 0) is 15.0 Å². The van der Waals surface area contributed by atoms with Crippen LogP contribution in [0.1, 0.15) is 42.7 Å². The van der Waals surface area contributed by atoms with Crippen LogP contribution in [0.25, 0.3) is 0 Å². The second-order valence-electron chi connectivity index (χ2n) is 8.99. The molecule has 2 aromatic rings. The van der Waals surface area contributed by atoms with Gasteiger partial charge in [-0.05, 0) is 26.3 Å². The van der Waals surface area contributed by atoms with Gasteiger partial charge in [-0.2, -0.15) is 0 Å². The number of aliphatic imine (C=N–C) groups is 1. The number of nitrogens with one attached hydrogen (secondary N) is 1. The minimum Gasteiger partial charge on any atom is -0.474 e. The third kappa shape index (κ3) is 5.71. The van der Waals surface area contributed by atoms with Crippen LogP contribution in [0, 0.1) is 11.6 Å². The molecule has 2 aliphatic heterocycles. The average Bonchev–Trinajstić information content (AvgIpc) is 2.74. The lowest BCUT2D eigenvalue weighted by atomic mass is 9.83. The summed E-state index contributed by atoms with van der Waals surface area (Å²) >= 11 is 1.33. The lowest BCUT2D eigenvalue weighted by Crippen LogP contribution is -2.43. The zero-order valence-electron chi connectivity index (χ0n) is 19.6. The number of amides is 1. The molecule has 0 saturated carbocycles. The summed E-state index contributed by atoms with van der Waals surface area (Å²) in [6, 6.07) is 2.27. The first-order chi connectivity index (χ1) is 16.6. The zero-order valence-corrected chi connectivity index (χ0v) is 20.5. The fourth-order valence-corrected chi connectivity index (χ4v) is 5.50. The second kappa shape index (κ2) is 10.0. The molecule has 9 nitrogen and oxygen atoms in total. The van der Waals surface area contributed by atoms with Gasteiger partial charge in [0.15, 0.2) is 16.8 Å². The van der Waals surface area contributed by atoms with E-state index in [4.69, 9.17) is 19.9 Å². The molecule has 0 spiro atoms. The second-order valence-corrected chi connectivity index (χ2v) is 10.6. The maximum absolute atomic E-state index is 15.0. The van der Waals surface area contributed by atoms with E-state index in [2.05, 4.69) is 20.3 Å². The Morgan fingerprint density at radius 1 is 1.31 bits per heavy atom. The van der Waals surface area contributed by atoms with Gasteiger partial charge in [0.25, 0.3) is 5.91 Å². The summed E-state index contributed by atoms with van der Waals surface area (Å²) in [5, 5.41) is 2.79. The van der Waals surface area contributed by atoms with Gasteiger partial charge in [-0.15, -0.1) is 0 Å². The molecule has 3 heterocycles. The molecule has 3 atom stereocenters. The van der Waals surface area contributed by atoms with Gasteiger partial charge in [-0.25, -0.2) is 18.7 Å². The van der Waals surface area contributed by atoms with Crippen LogP contribution in [-0.4, -0.2) is 58.8 Å². The third-order valence-electron chi connectivity index (χ3n) is 5.81. The summed E-state index contributed by atoms with van der Waals surface area (Å²) in [4.78, 5) is 25.2. The number of nitrogens with two attached hydrogens (primary N) is 1. The highest BCUT2D eigenvalue weighted by Crippen LogP contribution is 2.46. The highest BCUT2D eigenvalue weighted by molar-refractivity contribution is 8.15. The van der Waals surface area contributed by atoms with Crippen molar-refractivity contribution in [1.29, 1.82) is 0 Å². The van der Waals surface area contributed by atoms with Crippen molar-refractivity contribution in [2.24, 2.45) is 10.7 Å². The van der Waals surface area contributed by atoms with E-state index in [9.17, 15) is 13.6 Å². The van der Waals surface area contributed by atoms with Gasteiger partial charge in [0.05, 0.1) is 30.6 Å². The van der Waals surface area contributed by atoms with Crippen LogP contribution in [0.2, 0.25) is 0 Å². The standard InChI is InChI=1S/C23H27F2N5O4S/c1-22(12-32-3)11-23(2,30-21(26)35-22)15-6-13(7-16(24)19(15)25)29-20(31)17-8-28-18(9-27-17)34-10-14-4-5-33-14/h6-9,14H,4-5,10-12H2,1-3H3,(H2,26,30)(H,29,31)/t14?,22-,23+/m1/s1. The molecular formula is C23H27F2N5O4S. The van der Waals surface area contributed by atoms with Crippen molar-refractivity contribution in [3.8, 4) is 5.88 Å². The highest BCUT2D eigenvalue weighted by atomic mass is 32.2. The first-order valence-corrected chi connectivity index (χ1v) is 11.8. The lowest BCUT2D eigenvalue weighted by Gasteiger charge is -2.41. The van der Waals surface area contributed by atoms with E-state index >= 15 is 0 Å². The molecule has 35 heavy (non-hydrogen) atoms. The molecule has 0 aliphatic carbocycles. The van der Waals surface area contributed by atoms with Crippen molar-refractivity contribution in [2.45, 2.75) is 43.1 Å². The molecule has 1 aromatic carbocycles. The maximum atomic E-state index is 15.0. The van der Waals surface area contributed by atoms with Gasteiger partial charge < -0.3 is 25.3 Å². The number of amidine groups is 1. The van der Waals surface area contributed by atoms with Gasteiger partial charge in [0, 0.05) is 42.2 Å². The van der Waals surface area contributed by atoms with E-state index in [1.54, 1.807) is 14.0 Å². The van der Waals surface area contributed by atoms with Crippen LogP contribution < -0.4 is 15.8 Å². The number of aromatic nitrogens is 2. The van der Waals surface area contributed by atoms with Crippen molar-refractivity contribution in [1.82, 2.24) is 9.97 Å². The van der Waals surface area contributed by atoms with Gasteiger partial charge in [-0.3, -0.25) is 9.79 Å². The monoisotopic (exact) mass is 507 g/mol. The summed E-state index contributed by atoms with van der Waals surface area (Å²) in [6.07, 6.45) is 3.86. The minimum atomic E-state index is -1.17. The molecule has 0 radical (unpaired) electrons. The predicted molar refractivity (Wildman–Crippen MR) is 128 cm³/mol.